The van der Waals surface area contributed by atoms with Gasteiger partial charge in [0.1, 0.15) is 12.4 Å². The summed E-state index contributed by atoms with van der Waals surface area (Å²) in [5.74, 6) is -0.678. The van der Waals surface area contributed by atoms with Gasteiger partial charge in [-0.15, -0.1) is 0 Å². The molecule has 3 rings (SSSR count). The first kappa shape index (κ1) is 18.5. The number of amides is 2. The minimum Gasteiger partial charge on any atom is -0.488 e. The molecule has 0 aliphatic carbocycles. The van der Waals surface area contributed by atoms with Crippen molar-refractivity contribution in [2.75, 3.05) is 0 Å². The number of carbonyl (C=O) groups is 3. The molecule has 6 nitrogen and oxygen atoms in total. The van der Waals surface area contributed by atoms with Crippen molar-refractivity contribution < 1.29 is 24.2 Å². The third-order valence-corrected chi connectivity index (χ3v) is 5.14. The van der Waals surface area contributed by atoms with Crippen LogP contribution in [0.15, 0.2) is 47.4 Å². The van der Waals surface area contributed by atoms with Crippen LogP contribution in [0.2, 0.25) is 0 Å². The van der Waals surface area contributed by atoms with E-state index in [2.05, 4.69) is 27.9 Å². The van der Waals surface area contributed by atoms with Crippen LogP contribution in [0.3, 0.4) is 0 Å². The van der Waals surface area contributed by atoms with Crippen molar-refractivity contribution in [2.45, 2.75) is 6.61 Å². The number of imide groups is 1. The molecule has 8 heteroatoms. The van der Waals surface area contributed by atoms with Gasteiger partial charge in [-0.25, -0.2) is 4.79 Å². The number of carboxylic acid groups (broad SMARTS) is 1. The van der Waals surface area contributed by atoms with Crippen molar-refractivity contribution in [1.82, 2.24) is 5.32 Å². The maximum Gasteiger partial charge on any atom is 0.335 e. The number of carbonyl (C=O) groups excluding carboxylic acids is 2. The molecule has 132 valence electrons. The molecule has 26 heavy (non-hydrogen) atoms. The van der Waals surface area contributed by atoms with Crippen LogP contribution >= 0.6 is 34.4 Å². The summed E-state index contributed by atoms with van der Waals surface area (Å²) in [7, 11) is 0. The standard InChI is InChI=1S/C18H12INO5S/c19-13-7-11(8-15-16(21)20-18(24)26-15)3-6-14(13)25-9-10-1-4-12(5-2-10)17(22)23/h1-8H,9H2,(H,22,23)(H,20,21,24)/b15-8-. The van der Waals surface area contributed by atoms with Crippen LogP contribution in [-0.2, 0) is 11.4 Å². The molecule has 1 aliphatic heterocycles. The highest BCUT2D eigenvalue weighted by Crippen LogP contribution is 2.28. The summed E-state index contributed by atoms with van der Waals surface area (Å²) in [6.45, 7) is 0.309. The Morgan fingerprint density at radius 2 is 1.92 bits per heavy atom. The Hall–Kier alpha value is -2.33. The van der Waals surface area contributed by atoms with Gasteiger partial charge in [0.2, 0.25) is 0 Å². The predicted octanol–water partition coefficient (Wildman–Crippen LogP) is 3.89. The second kappa shape index (κ2) is 7.92. The summed E-state index contributed by atoms with van der Waals surface area (Å²) in [5, 5.41) is 10.7. The molecule has 0 atom stereocenters. The lowest BCUT2D eigenvalue weighted by molar-refractivity contribution is -0.115. The average molecular weight is 481 g/mol. The first-order valence-electron chi connectivity index (χ1n) is 7.42. The lowest BCUT2D eigenvalue weighted by Gasteiger charge is -2.09. The highest BCUT2D eigenvalue weighted by Gasteiger charge is 2.24. The number of halogens is 1. The summed E-state index contributed by atoms with van der Waals surface area (Å²) in [6, 6.07) is 11.9. The monoisotopic (exact) mass is 481 g/mol. The molecule has 2 aromatic rings. The smallest absolute Gasteiger partial charge is 0.335 e. The summed E-state index contributed by atoms with van der Waals surface area (Å²) in [5.41, 5.74) is 1.88. The van der Waals surface area contributed by atoms with E-state index in [0.717, 1.165) is 26.5 Å². The number of thioether (sulfide) groups is 1. The Labute approximate surface area is 166 Å². The molecule has 1 fully saturated rings. The van der Waals surface area contributed by atoms with E-state index in [4.69, 9.17) is 9.84 Å². The van der Waals surface area contributed by atoms with E-state index in [9.17, 15) is 14.4 Å². The maximum absolute atomic E-state index is 11.6. The molecule has 0 spiro atoms. The van der Waals surface area contributed by atoms with E-state index < -0.39 is 5.97 Å². The molecule has 2 amide bonds. The fourth-order valence-corrected chi connectivity index (χ4v) is 3.58. The topological polar surface area (TPSA) is 92.7 Å². The zero-order valence-electron chi connectivity index (χ0n) is 13.2. The summed E-state index contributed by atoms with van der Waals surface area (Å²) in [6.07, 6.45) is 1.65. The molecular weight excluding hydrogens is 469 g/mol. The van der Waals surface area contributed by atoms with Gasteiger partial charge in [-0.3, -0.25) is 14.9 Å². The van der Waals surface area contributed by atoms with E-state index in [0.29, 0.717) is 17.3 Å². The fraction of sp³-hybridized carbons (Fsp3) is 0.0556. The molecule has 1 saturated heterocycles. The van der Waals surface area contributed by atoms with Crippen LogP contribution in [0.5, 0.6) is 5.75 Å². The molecule has 0 radical (unpaired) electrons. The van der Waals surface area contributed by atoms with E-state index in [1.165, 1.54) is 12.1 Å². The van der Waals surface area contributed by atoms with Gasteiger partial charge >= 0.3 is 5.97 Å². The number of benzene rings is 2. The Morgan fingerprint density at radius 3 is 2.50 bits per heavy atom. The van der Waals surface area contributed by atoms with Crippen molar-refractivity contribution >= 4 is 57.5 Å². The van der Waals surface area contributed by atoms with Gasteiger partial charge in [0.05, 0.1) is 14.0 Å². The first-order chi connectivity index (χ1) is 12.4. The van der Waals surface area contributed by atoms with Crippen LogP contribution in [0, 0.1) is 3.57 Å². The highest BCUT2D eigenvalue weighted by molar-refractivity contribution is 14.1. The van der Waals surface area contributed by atoms with Crippen LogP contribution < -0.4 is 10.1 Å². The number of ether oxygens (including phenoxy) is 1. The van der Waals surface area contributed by atoms with Gasteiger partial charge in [0.15, 0.2) is 0 Å². The van der Waals surface area contributed by atoms with Crippen molar-refractivity contribution in [3.8, 4) is 5.75 Å². The third kappa shape index (κ3) is 4.44. The summed E-state index contributed by atoms with van der Waals surface area (Å²) < 4.78 is 6.63. The molecular formula is C18H12INO5S. The quantitative estimate of drug-likeness (QED) is 0.498. The Morgan fingerprint density at radius 1 is 1.19 bits per heavy atom. The zero-order valence-corrected chi connectivity index (χ0v) is 16.2. The SMILES string of the molecule is O=C1NC(=O)/C(=C/c2ccc(OCc3ccc(C(=O)O)cc3)c(I)c2)S1. The van der Waals surface area contributed by atoms with E-state index >= 15 is 0 Å². The van der Waals surface area contributed by atoms with Gasteiger partial charge in [-0.1, -0.05) is 18.2 Å². The molecule has 1 heterocycles. The number of aromatic carboxylic acids is 1. The van der Waals surface area contributed by atoms with Crippen molar-refractivity contribution in [3.63, 3.8) is 0 Å². The molecule has 0 unspecified atom stereocenters. The van der Waals surface area contributed by atoms with E-state index in [1.807, 2.05) is 6.07 Å². The van der Waals surface area contributed by atoms with Gasteiger partial charge in [0, 0.05) is 0 Å². The van der Waals surface area contributed by atoms with Crippen molar-refractivity contribution in [3.05, 3.63) is 67.6 Å². The zero-order chi connectivity index (χ0) is 18.7. The largest absolute Gasteiger partial charge is 0.488 e. The van der Waals surface area contributed by atoms with E-state index in [-0.39, 0.29) is 16.7 Å². The predicted molar refractivity (Wildman–Crippen MR) is 106 cm³/mol. The van der Waals surface area contributed by atoms with Gasteiger partial charge in [-0.05, 0) is 75.8 Å². The summed E-state index contributed by atoms with van der Waals surface area (Å²) in [4.78, 5) is 34.0. The molecule has 0 aromatic heterocycles. The van der Waals surface area contributed by atoms with Crippen molar-refractivity contribution in [2.24, 2.45) is 0 Å². The molecule has 2 aromatic carbocycles. The summed E-state index contributed by atoms with van der Waals surface area (Å²) >= 11 is 3.01. The Kier molecular flexibility index (Phi) is 5.62. The Balaban J connectivity index is 1.68. The second-order valence-electron chi connectivity index (χ2n) is 5.33. The van der Waals surface area contributed by atoms with Gasteiger partial charge in [0.25, 0.3) is 11.1 Å². The maximum atomic E-state index is 11.6. The van der Waals surface area contributed by atoms with Crippen LogP contribution in [0.1, 0.15) is 21.5 Å². The minimum absolute atomic E-state index is 0.230. The third-order valence-electron chi connectivity index (χ3n) is 3.49. The van der Waals surface area contributed by atoms with Crippen LogP contribution in [-0.4, -0.2) is 22.2 Å². The second-order valence-corrected chi connectivity index (χ2v) is 7.51. The van der Waals surface area contributed by atoms with Crippen LogP contribution in [0.4, 0.5) is 4.79 Å². The number of rotatable bonds is 5. The number of nitrogens with one attached hydrogen (secondary N) is 1. The molecule has 1 aliphatic rings. The molecule has 0 bridgehead atoms. The molecule has 0 saturated carbocycles. The molecule has 2 N–H and O–H groups in total. The number of hydrogen-bond donors (Lipinski definition) is 2. The number of carboxylic acids is 1. The van der Waals surface area contributed by atoms with Gasteiger partial charge < -0.3 is 9.84 Å². The lowest BCUT2D eigenvalue weighted by atomic mass is 10.1. The van der Waals surface area contributed by atoms with E-state index in [1.54, 1.807) is 30.3 Å². The van der Waals surface area contributed by atoms with Gasteiger partial charge in [-0.2, -0.15) is 0 Å². The van der Waals surface area contributed by atoms with Crippen molar-refractivity contribution in [1.29, 1.82) is 0 Å². The fourth-order valence-electron chi connectivity index (χ4n) is 2.20. The minimum atomic E-state index is -0.965. The Bertz CT molecular complexity index is 924. The first-order valence-corrected chi connectivity index (χ1v) is 9.31. The lowest BCUT2D eigenvalue weighted by Crippen LogP contribution is -2.17. The highest BCUT2D eigenvalue weighted by atomic mass is 127. The number of hydrogen-bond acceptors (Lipinski definition) is 5. The normalized spacial score (nSPS) is 15.2. The average Bonchev–Trinajstić information content (AvgIpc) is 2.91. The van der Waals surface area contributed by atoms with Crippen LogP contribution in [0.25, 0.3) is 6.08 Å².